The Labute approximate surface area is 154 Å². The van der Waals surface area contributed by atoms with Crippen molar-refractivity contribution in [2.24, 2.45) is 5.41 Å². The van der Waals surface area contributed by atoms with Gasteiger partial charge in [-0.15, -0.1) is 0 Å². The molecular weight excluding hydrogens is 334 g/mol. The van der Waals surface area contributed by atoms with Gasteiger partial charge in [-0.1, -0.05) is 31.5 Å². The van der Waals surface area contributed by atoms with Gasteiger partial charge in [-0.05, 0) is 32.4 Å². The number of aliphatic carboxylic acids is 1. The molecule has 2 rings (SSSR count). The summed E-state index contributed by atoms with van der Waals surface area (Å²) in [6.07, 6.45) is 0.181. The highest BCUT2D eigenvalue weighted by Crippen LogP contribution is 2.51. The average Bonchev–Trinajstić information content (AvgIpc) is 2.55. The van der Waals surface area contributed by atoms with Crippen LogP contribution in [-0.2, 0) is 14.3 Å². The lowest BCUT2D eigenvalue weighted by atomic mass is 9.54. The second-order valence-corrected chi connectivity index (χ2v) is 7.50. The Morgan fingerprint density at radius 1 is 1.31 bits per heavy atom. The first-order chi connectivity index (χ1) is 12.1. The minimum absolute atomic E-state index is 0.0950. The molecule has 0 radical (unpaired) electrons. The third-order valence-corrected chi connectivity index (χ3v) is 5.40. The lowest BCUT2D eigenvalue weighted by molar-refractivity contribution is -0.194. The monoisotopic (exact) mass is 363 g/mol. The molecule has 1 aliphatic carbocycles. The van der Waals surface area contributed by atoms with Crippen LogP contribution in [0.1, 0.15) is 44.7 Å². The molecule has 1 aromatic rings. The van der Waals surface area contributed by atoms with Crippen molar-refractivity contribution in [1.29, 1.82) is 0 Å². The van der Waals surface area contributed by atoms with Crippen molar-refractivity contribution < 1.29 is 24.2 Å². The van der Waals surface area contributed by atoms with E-state index in [1.165, 1.54) is 0 Å². The number of rotatable bonds is 8. The summed E-state index contributed by atoms with van der Waals surface area (Å²) in [5.41, 5.74) is 0.168. The molecular formula is C20H29NO5. The fourth-order valence-electron chi connectivity index (χ4n) is 3.55. The maximum absolute atomic E-state index is 12.3. The van der Waals surface area contributed by atoms with Gasteiger partial charge < -0.3 is 19.9 Å². The molecule has 2 unspecified atom stereocenters. The van der Waals surface area contributed by atoms with Gasteiger partial charge in [0.1, 0.15) is 11.3 Å². The van der Waals surface area contributed by atoms with Crippen LogP contribution in [0.2, 0.25) is 0 Å². The van der Waals surface area contributed by atoms with Crippen LogP contribution in [0.4, 0.5) is 0 Å². The van der Waals surface area contributed by atoms with E-state index in [0.717, 1.165) is 16.9 Å². The Kier molecular flexibility index (Phi) is 5.96. The van der Waals surface area contributed by atoms with E-state index in [1.807, 2.05) is 52.8 Å². The fourth-order valence-corrected chi connectivity index (χ4v) is 3.55. The zero-order valence-electron chi connectivity index (χ0n) is 16.2. The van der Waals surface area contributed by atoms with Crippen LogP contribution in [0.15, 0.2) is 18.2 Å². The quantitative estimate of drug-likeness (QED) is 0.742. The van der Waals surface area contributed by atoms with E-state index in [1.54, 1.807) is 0 Å². The minimum Gasteiger partial charge on any atom is -0.493 e. The highest BCUT2D eigenvalue weighted by atomic mass is 16.5. The first-order valence-electron chi connectivity index (χ1n) is 9.00. The second kappa shape index (κ2) is 7.66. The largest absolute Gasteiger partial charge is 0.493 e. The Hall–Kier alpha value is -2.08. The molecule has 1 fully saturated rings. The van der Waals surface area contributed by atoms with Crippen molar-refractivity contribution in [3.63, 3.8) is 0 Å². The zero-order valence-corrected chi connectivity index (χ0v) is 16.2. The van der Waals surface area contributed by atoms with Crippen LogP contribution < -0.4 is 10.1 Å². The summed E-state index contributed by atoms with van der Waals surface area (Å²) in [7, 11) is 0. The Morgan fingerprint density at radius 2 is 2.00 bits per heavy atom. The predicted octanol–water partition coefficient (Wildman–Crippen LogP) is 2.85. The number of carbonyl (C=O) groups excluding carboxylic acids is 1. The van der Waals surface area contributed by atoms with E-state index >= 15 is 0 Å². The van der Waals surface area contributed by atoms with Gasteiger partial charge in [0, 0.05) is 18.4 Å². The number of ether oxygens (including phenoxy) is 2. The summed E-state index contributed by atoms with van der Waals surface area (Å²) in [5.74, 6) is -0.626. The molecule has 1 aliphatic rings. The standard InChI is InChI=1S/C20H29NO5/c1-6-25-16-12-20(18(23)24,19(16,4)5)21-17(22)9-10-26-15-8-7-13(2)11-14(15)3/h7-8,11,16H,6,9-10,12H2,1-5H3,(H,21,22)(H,23,24). The number of nitrogens with one attached hydrogen (secondary N) is 1. The lowest BCUT2D eigenvalue weighted by Gasteiger charge is -2.58. The molecule has 0 aromatic heterocycles. The normalized spacial score (nSPS) is 23.8. The van der Waals surface area contributed by atoms with E-state index in [2.05, 4.69) is 5.32 Å². The van der Waals surface area contributed by atoms with Crippen molar-refractivity contribution in [2.45, 2.75) is 59.1 Å². The minimum atomic E-state index is -1.30. The topological polar surface area (TPSA) is 84.9 Å². The lowest BCUT2D eigenvalue weighted by Crippen LogP contribution is -2.76. The summed E-state index contributed by atoms with van der Waals surface area (Å²) >= 11 is 0. The Bertz CT molecular complexity index is 685. The molecule has 1 aromatic carbocycles. The molecule has 0 aliphatic heterocycles. The zero-order chi connectivity index (χ0) is 19.5. The van der Waals surface area contributed by atoms with Gasteiger partial charge >= 0.3 is 5.97 Å². The summed E-state index contributed by atoms with van der Waals surface area (Å²) in [5, 5.41) is 12.4. The van der Waals surface area contributed by atoms with E-state index < -0.39 is 16.9 Å². The molecule has 144 valence electrons. The number of hydrogen-bond donors (Lipinski definition) is 2. The molecule has 1 saturated carbocycles. The van der Waals surface area contributed by atoms with Crippen LogP contribution in [0, 0.1) is 19.3 Å². The highest BCUT2D eigenvalue weighted by Gasteiger charge is 2.66. The van der Waals surface area contributed by atoms with Crippen LogP contribution in [0.25, 0.3) is 0 Å². The second-order valence-electron chi connectivity index (χ2n) is 7.50. The Balaban J connectivity index is 1.94. The number of amides is 1. The summed E-state index contributed by atoms with van der Waals surface area (Å²) < 4.78 is 11.3. The van der Waals surface area contributed by atoms with Gasteiger partial charge in [-0.25, -0.2) is 4.79 Å². The molecule has 2 N–H and O–H groups in total. The van der Waals surface area contributed by atoms with Crippen molar-refractivity contribution >= 4 is 11.9 Å². The Morgan fingerprint density at radius 3 is 2.54 bits per heavy atom. The molecule has 0 spiro atoms. The summed E-state index contributed by atoms with van der Waals surface area (Å²) in [6, 6.07) is 5.84. The van der Waals surface area contributed by atoms with Crippen molar-refractivity contribution in [3.8, 4) is 5.75 Å². The van der Waals surface area contributed by atoms with Gasteiger partial charge in [0.2, 0.25) is 5.91 Å². The summed E-state index contributed by atoms with van der Waals surface area (Å²) in [4.78, 5) is 24.2. The van der Waals surface area contributed by atoms with Crippen LogP contribution in [0.3, 0.4) is 0 Å². The number of hydrogen-bond acceptors (Lipinski definition) is 4. The van der Waals surface area contributed by atoms with Crippen molar-refractivity contribution in [3.05, 3.63) is 29.3 Å². The first kappa shape index (κ1) is 20.2. The smallest absolute Gasteiger partial charge is 0.330 e. The molecule has 0 saturated heterocycles. The van der Waals surface area contributed by atoms with E-state index in [0.29, 0.717) is 6.61 Å². The van der Waals surface area contributed by atoms with Gasteiger partial charge in [0.25, 0.3) is 0 Å². The van der Waals surface area contributed by atoms with Crippen molar-refractivity contribution in [2.75, 3.05) is 13.2 Å². The molecule has 26 heavy (non-hydrogen) atoms. The molecule has 2 atom stereocenters. The molecule has 0 heterocycles. The van der Waals surface area contributed by atoms with Gasteiger partial charge in [-0.2, -0.15) is 0 Å². The SMILES string of the molecule is CCOC1CC(NC(=O)CCOc2ccc(C)cc2C)(C(=O)O)C1(C)C. The van der Waals surface area contributed by atoms with E-state index in [-0.39, 0.29) is 31.5 Å². The molecule has 6 nitrogen and oxygen atoms in total. The summed E-state index contributed by atoms with van der Waals surface area (Å²) in [6.45, 7) is 10.2. The van der Waals surface area contributed by atoms with Gasteiger partial charge in [-0.3, -0.25) is 4.79 Å². The van der Waals surface area contributed by atoms with Crippen LogP contribution >= 0.6 is 0 Å². The average molecular weight is 363 g/mol. The van der Waals surface area contributed by atoms with Crippen LogP contribution in [-0.4, -0.2) is 41.8 Å². The third-order valence-electron chi connectivity index (χ3n) is 5.40. The number of aryl methyl sites for hydroxylation is 2. The number of carbonyl (C=O) groups is 2. The number of benzene rings is 1. The molecule has 6 heteroatoms. The van der Waals surface area contributed by atoms with E-state index in [9.17, 15) is 14.7 Å². The molecule has 1 amide bonds. The number of carboxylic acid groups (broad SMARTS) is 1. The fraction of sp³-hybridized carbons (Fsp3) is 0.600. The number of carboxylic acids is 1. The van der Waals surface area contributed by atoms with Gasteiger partial charge in [0.05, 0.1) is 19.1 Å². The molecule has 0 bridgehead atoms. The van der Waals surface area contributed by atoms with Gasteiger partial charge in [0.15, 0.2) is 0 Å². The highest BCUT2D eigenvalue weighted by molar-refractivity contribution is 5.89. The predicted molar refractivity (Wildman–Crippen MR) is 98.3 cm³/mol. The van der Waals surface area contributed by atoms with E-state index in [4.69, 9.17) is 9.47 Å². The maximum atomic E-state index is 12.3. The third kappa shape index (κ3) is 3.70. The van der Waals surface area contributed by atoms with Crippen LogP contribution in [0.5, 0.6) is 5.75 Å². The van der Waals surface area contributed by atoms with Crippen molar-refractivity contribution in [1.82, 2.24) is 5.32 Å². The first-order valence-corrected chi connectivity index (χ1v) is 9.00. The maximum Gasteiger partial charge on any atom is 0.330 e.